The minimum Gasteiger partial charge on any atom is -0.508 e. The topological polar surface area (TPSA) is 77.8 Å². The van der Waals surface area contributed by atoms with Crippen molar-refractivity contribution in [2.75, 3.05) is 0 Å². The summed E-state index contributed by atoms with van der Waals surface area (Å²) in [5, 5.41) is 18.8. The zero-order valence-corrected chi connectivity index (χ0v) is 9.70. The Hall–Kier alpha value is -2.04. The molecule has 1 rings (SSSR count). The zero-order chi connectivity index (χ0) is 13.0. The third-order valence-corrected chi connectivity index (χ3v) is 2.48. The quantitative estimate of drug-likeness (QED) is 0.758. The molecule has 2 N–H and O–H groups in total. The molecule has 17 heavy (non-hydrogen) atoms. The minimum absolute atomic E-state index is 0.132. The van der Waals surface area contributed by atoms with Gasteiger partial charge in [-0.25, -0.2) is 4.79 Å². The fraction of sp³-hybridized carbons (Fsp3) is 0.333. The molecule has 0 fully saturated rings. The van der Waals surface area contributed by atoms with Crippen molar-refractivity contribution < 1.29 is 19.8 Å². The number of amides is 1. The van der Waals surface area contributed by atoms with Gasteiger partial charge in [0.1, 0.15) is 5.75 Å². The molecule has 1 aromatic rings. The van der Waals surface area contributed by atoms with E-state index >= 15 is 0 Å². The molecular formula is C12H15NO4. The summed E-state index contributed by atoms with van der Waals surface area (Å²) in [5.74, 6) is -1.31. The van der Waals surface area contributed by atoms with E-state index in [4.69, 9.17) is 0 Å². The van der Waals surface area contributed by atoms with Crippen molar-refractivity contribution in [3.8, 4) is 5.75 Å². The van der Waals surface area contributed by atoms with Crippen molar-refractivity contribution in [2.24, 2.45) is 0 Å². The van der Waals surface area contributed by atoms with Gasteiger partial charge in [-0.05, 0) is 19.9 Å². The molecule has 0 bridgehead atoms. The van der Waals surface area contributed by atoms with E-state index in [-0.39, 0.29) is 17.4 Å². The first-order chi connectivity index (χ1) is 7.99. The minimum atomic E-state index is -1.17. The number of hydrogen-bond donors (Lipinski definition) is 2. The molecule has 1 aromatic carbocycles. The van der Waals surface area contributed by atoms with E-state index < -0.39 is 12.0 Å². The highest BCUT2D eigenvalue weighted by Crippen LogP contribution is 2.29. The molecule has 1 unspecified atom stereocenters. The lowest BCUT2D eigenvalue weighted by molar-refractivity contribution is -0.148. The van der Waals surface area contributed by atoms with Gasteiger partial charge in [-0.2, -0.15) is 0 Å². The van der Waals surface area contributed by atoms with Gasteiger partial charge in [-0.1, -0.05) is 18.2 Å². The Morgan fingerprint density at radius 3 is 2.35 bits per heavy atom. The molecular weight excluding hydrogens is 222 g/mol. The van der Waals surface area contributed by atoms with E-state index in [2.05, 4.69) is 0 Å². The van der Waals surface area contributed by atoms with Gasteiger partial charge in [0.05, 0.1) is 0 Å². The molecule has 0 radical (unpaired) electrons. The lowest BCUT2D eigenvalue weighted by Gasteiger charge is -2.29. The number of carbonyl (C=O) groups is 2. The number of carboxylic acids is 1. The third-order valence-electron chi connectivity index (χ3n) is 2.48. The number of para-hydroxylation sites is 1. The predicted molar refractivity (Wildman–Crippen MR) is 61.5 cm³/mol. The maximum absolute atomic E-state index is 11.2. The number of benzene rings is 1. The van der Waals surface area contributed by atoms with Crippen LogP contribution in [0.4, 0.5) is 0 Å². The van der Waals surface area contributed by atoms with Gasteiger partial charge in [0, 0.05) is 11.6 Å². The van der Waals surface area contributed by atoms with Crippen LogP contribution in [0.2, 0.25) is 0 Å². The van der Waals surface area contributed by atoms with Gasteiger partial charge >= 0.3 is 5.97 Å². The second-order valence-electron chi connectivity index (χ2n) is 3.95. The average molecular weight is 237 g/mol. The number of carbonyl (C=O) groups excluding carboxylic acids is 1. The summed E-state index contributed by atoms with van der Waals surface area (Å²) in [6.45, 7) is 3.43. The molecule has 5 heteroatoms. The normalized spacial score (nSPS) is 12.2. The lowest BCUT2D eigenvalue weighted by Crippen LogP contribution is -2.38. The van der Waals surface area contributed by atoms with Crippen molar-refractivity contribution >= 4 is 12.4 Å². The molecule has 1 atom stereocenters. The number of phenols is 1. The Balaban J connectivity index is 3.22. The highest BCUT2D eigenvalue weighted by Gasteiger charge is 2.30. The van der Waals surface area contributed by atoms with Crippen molar-refractivity contribution in [3.05, 3.63) is 29.8 Å². The molecule has 0 aromatic heterocycles. The van der Waals surface area contributed by atoms with Crippen LogP contribution in [0.1, 0.15) is 25.5 Å². The summed E-state index contributed by atoms with van der Waals surface area (Å²) in [6.07, 6.45) is 0.482. The van der Waals surface area contributed by atoms with Crippen LogP contribution in [0.5, 0.6) is 5.75 Å². The number of rotatable bonds is 5. The maximum atomic E-state index is 11.2. The largest absolute Gasteiger partial charge is 0.508 e. The molecule has 1 amide bonds. The van der Waals surface area contributed by atoms with E-state index in [1.807, 2.05) is 0 Å². The maximum Gasteiger partial charge on any atom is 0.331 e. The zero-order valence-electron chi connectivity index (χ0n) is 9.70. The first-order valence-corrected chi connectivity index (χ1v) is 5.22. The van der Waals surface area contributed by atoms with Crippen LogP contribution in [-0.2, 0) is 9.59 Å². The van der Waals surface area contributed by atoms with Crippen LogP contribution in [0.3, 0.4) is 0 Å². The number of carboxylic acid groups (broad SMARTS) is 1. The molecule has 0 saturated carbocycles. The average Bonchev–Trinajstić information content (AvgIpc) is 2.26. The van der Waals surface area contributed by atoms with E-state index in [9.17, 15) is 19.8 Å². The van der Waals surface area contributed by atoms with Crippen molar-refractivity contribution in [1.29, 1.82) is 0 Å². The second kappa shape index (κ2) is 5.34. The second-order valence-corrected chi connectivity index (χ2v) is 3.95. The molecule has 0 aliphatic carbocycles. The first-order valence-electron chi connectivity index (χ1n) is 5.22. The first kappa shape index (κ1) is 13.0. The molecule has 0 saturated heterocycles. The Bertz CT molecular complexity index is 417. The molecule has 0 aliphatic rings. The van der Waals surface area contributed by atoms with Crippen LogP contribution < -0.4 is 0 Å². The molecule has 5 nitrogen and oxygen atoms in total. The van der Waals surface area contributed by atoms with Gasteiger partial charge in [0.25, 0.3) is 0 Å². The van der Waals surface area contributed by atoms with Crippen molar-refractivity contribution in [1.82, 2.24) is 4.90 Å². The highest BCUT2D eigenvalue weighted by molar-refractivity contribution is 5.79. The summed E-state index contributed by atoms with van der Waals surface area (Å²) in [4.78, 5) is 23.4. The summed E-state index contributed by atoms with van der Waals surface area (Å²) in [7, 11) is 0. The molecule has 0 heterocycles. The summed E-state index contributed by atoms with van der Waals surface area (Å²) in [6, 6.07) is 4.66. The van der Waals surface area contributed by atoms with E-state index in [0.29, 0.717) is 6.41 Å². The van der Waals surface area contributed by atoms with Gasteiger partial charge in [-0.3, -0.25) is 4.79 Å². The molecule has 92 valence electrons. The fourth-order valence-corrected chi connectivity index (χ4v) is 1.62. The Labute approximate surface area is 99.3 Å². The lowest BCUT2D eigenvalue weighted by atomic mass is 10.0. The SMILES string of the molecule is CC(C)N(C=O)C(C(=O)O)c1ccccc1O. The van der Waals surface area contributed by atoms with Gasteiger partial charge in [0.15, 0.2) is 6.04 Å². The summed E-state index contributed by atoms with van der Waals surface area (Å²) in [5.41, 5.74) is 0.209. The summed E-state index contributed by atoms with van der Waals surface area (Å²) < 4.78 is 0. The van der Waals surface area contributed by atoms with Crippen LogP contribution >= 0.6 is 0 Å². The van der Waals surface area contributed by atoms with E-state index in [1.165, 1.54) is 12.1 Å². The van der Waals surface area contributed by atoms with Crippen LogP contribution in [0.15, 0.2) is 24.3 Å². The smallest absolute Gasteiger partial charge is 0.331 e. The van der Waals surface area contributed by atoms with Crippen LogP contribution in [-0.4, -0.2) is 33.5 Å². The molecule has 0 aliphatic heterocycles. The fourth-order valence-electron chi connectivity index (χ4n) is 1.62. The Kier molecular flexibility index (Phi) is 4.09. The van der Waals surface area contributed by atoms with Crippen molar-refractivity contribution in [2.45, 2.75) is 25.9 Å². The number of phenolic OH excluding ortho intramolecular Hbond substituents is 1. The van der Waals surface area contributed by atoms with Crippen LogP contribution in [0.25, 0.3) is 0 Å². The highest BCUT2D eigenvalue weighted by atomic mass is 16.4. The van der Waals surface area contributed by atoms with Gasteiger partial charge in [-0.15, -0.1) is 0 Å². The Morgan fingerprint density at radius 1 is 1.35 bits per heavy atom. The summed E-state index contributed by atoms with van der Waals surface area (Å²) >= 11 is 0. The predicted octanol–water partition coefficient (Wildman–Crippen LogP) is 1.38. The standard InChI is InChI=1S/C12H15NO4/c1-8(2)13(7-14)11(12(16)17)9-5-3-4-6-10(9)15/h3-8,11,15H,1-2H3,(H,16,17). The number of hydrogen-bond acceptors (Lipinski definition) is 3. The van der Waals surface area contributed by atoms with E-state index in [1.54, 1.807) is 26.0 Å². The van der Waals surface area contributed by atoms with E-state index in [0.717, 1.165) is 4.90 Å². The van der Waals surface area contributed by atoms with Gasteiger partial charge < -0.3 is 15.1 Å². The monoisotopic (exact) mass is 237 g/mol. The Morgan fingerprint density at radius 2 is 1.94 bits per heavy atom. The molecule has 0 spiro atoms. The van der Waals surface area contributed by atoms with Gasteiger partial charge in [0.2, 0.25) is 6.41 Å². The number of nitrogens with zero attached hydrogens (tertiary/aromatic N) is 1. The number of aliphatic carboxylic acids is 1. The van der Waals surface area contributed by atoms with Crippen LogP contribution in [0, 0.1) is 0 Å². The number of aromatic hydroxyl groups is 1. The third kappa shape index (κ3) is 2.75. The van der Waals surface area contributed by atoms with Crippen molar-refractivity contribution in [3.63, 3.8) is 0 Å².